The zero-order valence-corrected chi connectivity index (χ0v) is 32.8. The van der Waals surface area contributed by atoms with Gasteiger partial charge in [0.15, 0.2) is 0 Å². The molecule has 0 spiro atoms. The Hall–Kier alpha value is -3.41. The molecule has 2 nitrogen and oxygen atoms in total. The first kappa shape index (κ1) is 29.7. The van der Waals surface area contributed by atoms with Gasteiger partial charge in [-0.2, -0.15) is 11.3 Å². The number of nitrogens with zero attached hydrogens (tertiary/aromatic N) is 2. The molecule has 4 aromatic carbocycles. The van der Waals surface area contributed by atoms with Gasteiger partial charge >= 0.3 is 117 Å². The van der Waals surface area contributed by atoms with Crippen LogP contribution in [0.25, 0.3) is 53.8 Å². The average molecular weight is 874 g/mol. The first-order valence-corrected chi connectivity index (χ1v) is 23.6. The molecule has 47 heavy (non-hydrogen) atoms. The molecule has 0 bridgehead atoms. The second-order valence-electron chi connectivity index (χ2n) is 12.8. The zero-order valence-electron chi connectivity index (χ0n) is 31.5. The van der Waals surface area contributed by atoms with Gasteiger partial charge in [0, 0.05) is 32.4 Å². The number of benzene rings is 4. The minimum absolute atomic E-state index is 0. The molecule has 0 saturated carbocycles. The zero-order chi connectivity index (χ0) is 35.8. The molecule has 0 unspecified atom stereocenters. The van der Waals surface area contributed by atoms with Gasteiger partial charge in [-0.15, -0.1) is 23.8 Å². The quantitative estimate of drug-likeness (QED) is 0.127. The maximum atomic E-state index is 8.35. The fraction of sp³-hybridized carbons (Fsp3) is 0.190. The summed E-state index contributed by atoms with van der Waals surface area (Å²) < 4.78 is 34.4. The van der Waals surface area contributed by atoms with Crippen molar-refractivity contribution in [2.45, 2.75) is 50.8 Å². The van der Waals surface area contributed by atoms with Gasteiger partial charge in [-0.1, -0.05) is 73.3 Å². The number of rotatable bonds is 5. The van der Waals surface area contributed by atoms with E-state index in [-0.39, 0.29) is 20.1 Å². The molecule has 7 rings (SSSR count). The van der Waals surface area contributed by atoms with Crippen LogP contribution in [-0.4, -0.2) is 23.2 Å². The predicted molar refractivity (Wildman–Crippen MR) is 202 cm³/mol. The number of hydrogen-bond acceptors (Lipinski definition) is 3. The topological polar surface area (TPSA) is 25.8 Å². The summed E-state index contributed by atoms with van der Waals surface area (Å²) in [7, 11) is 0. The summed E-state index contributed by atoms with van der Waals surface area (Å²) in [5, 5.41) is 2.49. The summed E-state index contributed by atoms with van der Waals surface area (Å²) in [4.78, 5) is 9.14. The molecule has 1 radical (unpaired) electrons. The Bertz CT molecular complexity index is 2290. The number of hydrogen-bond donors (Lipinski definition) is 0. The van der Waals surface area contributed by atoms with Crippen LogP contribution in [-0.2, 0) is 20.1 Å². The van der Waals surface area contributed by atoms with E-state index in [4.69, 9.17) is 5.48 Å². The molecule has 0 atom stereocenters. The van der Waals surface area contributed by atoms with Gasteiger partial charge in [-0.3, -0.25) is 0 Å². The molecule has 0 fully saturated rings. The largest absolute Gasteiger partial charge is 0 e. The van der Waals surface area contributed by atoms with Crippen LogP contribution in [0.15, 0.2) is 109 Å². The van der Waals surface area contributed by atoms with Gasteiger partial charge in [0.1, 0.15) is 0 Å². The summed E-state index contributed by atoms with van der Waals surface area (Å²) in [5.74, 6) is 6.39. The Labute approximate surface area is 305 Å². The standard InChI is InChI=1S/C26H20NS.C16H20GeN.Ir/c1-17(2)19-13-14-27-24(15-19)23-10-6-9-22-21-12-11-20(16-25(21)28-26(22)23)18-7-4-3-5-8-18;1-12-6-8-14(9-7-12)16-10-13(2)15(11-18-16)17(3,4)5;/h3-9,11-17H,1-2H3;6-8,10-11H,1-5H3;/q2*-1;/i17D;1D3;. The van der Waals surface area contributed by atoms with Gasteiger partial charge in [0.25, 0.3) is 0 Å². The van der Waals surface area contributed by atoms with Crippen molar-refractivity contribution in [2.24, 2.45) is 0 Å². The SMILES string of the molecule is [2H]C(C)(C)c1ccnc(-c2[c-]ccc3c2sc2cc(-c4ccccc4)ccc23)c1.[2H]C([2H])([2H])c1c[c-]c(-c2cc(C)[c]([Ge]([CH3])([CH3])[CH3])cn2)cc1.[Ir]. The van der Waals surface area contributed by atoms with Crippen LogP contribution >= 0.6 is 11.3 Å². The first-order chi connectivity index (χ1) is 23.6. The van der Waals surface area contributed by atoms with Crippen molar-refractivity contribution >= 4 is 49.2 Å². The first-order valence-electron chi connectivity index (χ1n) is 17.5. The van der Waals surface area contributed by atoms with Crippen molar-refractivity contribution in [2.75, 3.05) is 0 Å². The van der Waals surface area contributed by atoms with Crippen LogP contribution in [0.4, 0.5) is 0 Å². The molecule has 3 heterocycles. The van der Waals surface area contributed by atoms with E-state index in [9.17, 15) is 0 Å². The van der Waals surface area contributed by atoms with E-state index in [0.29, 0.717) is 5.56 Å². The van der Waals surface area contributed by atoms with E-state index in [1.165, 1.54) is 47.3 Å². The minimum atomic E-state index is -2.08. The molecule has 5 heteroatoms. The molecular formula is C42H40GeIrN2S-2. The normalized spacial score (nSPS) is 13.1. The van der Waals surface area contributed by atoms with Crippen LogP contribution in [0.3, 0.4) is 0 Å². The fourth-order valence-corrected chi connectivity index (χ4v) is 10.5. The van der Waals surface area contributed by atoms with Gasteiger partial charge < -0.3 is 4.98 Å². The van der Waals surface area contributed by atoms with E-state index in [1.807, 2.05) is 44.3 Å². The summed E-state index contributed by atoms with van der Waals surface area (Å²) in [5.41, 5.74) is 8.56. The van der Waals surface area contributed by atoms with Crippen molar-refractivity contribution in [1.82, 2.24) is 9.97 Å². The molecule has 3 aromatic heterocycles. The smallest absolute Gasteiger partial charge is 0 e. The Kier molecular flexibility index (Phi) is 9.35. The van der Waals surface area contributed by atoms with E-state index in [0.717, 1.165) is 28.1 Å². The molecule has 0 N–H and O–H groups in total. The average Bonchev–Trinajstić information content (AvgIpc) is 3.46. The molecule has 0 aliphatic rings. The third-order valence-corrected chi connectivity index (χ3v) is 13.8. The molecule has 0 aliphatic carbocycles. The van der Waals surface area contributed by atoms with Gasteiger partial charge in [-0.25, -0.2) is 0 Å². The Morgan fingerprint density at radius 2 is 1.64 bits per heavy atom. The maximum absolute atomic E-state index is 8.35. The monoisotopic (exact) mass is 875 g/mol. The summed E-state index contributed by atoms with van der Waals surface area (Å²) in [6.07, 6.45) is 3.78. The number of pyridine rings is 2. The van der Waals surface area contributed by atoms with E-state index in [2.05, 4.69) is 101 Å². The molecule has 0 aliphatic heterocycles. The van der Waals surface area contributed by atoms with E-state index in [1.54, 1.807) is 29.7 Å². The van der Waals surface area contributed by atoms with Crippen LogP contribution in [0, 0.1) is 25.9 Å². The minimum Gasteiger partial charge on any atom is 0 e. The second kappa shape index (κ2) is 14.8. The summed E-state index contributed by atoms with van der Waals surface area (Å²) in [6, 6.07) is 38.7. The Morgan fingerprint density at radius 1 is 0.830 bits per heavy atom. The number of aromatic nitrogens is 2. The molecule has 0 amide bonds. The van der Waals surface area contributed by atoms with Gasteiger partial charge in [0.2, 0.25) is 0 Å². The number of thiophene rings is 1. The summed E-state index contributed by atoms with van der Waals surface area (Å²) >= 11 is -0.100. The van der Waals surface area contributed by atoms with Crippen LogP contribution in [0.5, 0.6) is 0 Å². The third kappa shape index (κ3) is 7.84. The van der Waals surface area contributed by atoms with E-state index < -0.39 is 26.0 Å². The van der Waals surface area contributed by atoms with Crippen LogP contribution < -0.4 is 4.40 Å². The van der Waals surface area contributed by atoms with Crippen LogP contribution in [0.1, 0.15) is 41.9 Å². The second-order valence-corrected chi connectivity index (χ2v) is 24.5. The van der Waals surface area contributed by atoms with Crippen molar-refractivity contribution in [1.29, 1.82) is 0 Å². The van der Waals surface area contributed by atoms with E-state index >= 15 is 0 Å². The Morgan fingerprint density at radius 3 is 2.32 bits per heavy atom. The van der Waals surface area contributed by atoms with Crippen molar-refractivity contribution in [3.05, 3.63) is 138 Å². The molecule has 0 saturated heterocycles. The molecule has 239 valence electrons. The fourth-order valence-electron chi connectivity index (χ4n) is 5.69. The van der Waals surface area contributed by atoms with Crippen molar-refractivity contribution < 1.29 is 25.6 Å². The van der Waals surface area contributed by atoms with Gasteiger partial charge in [-0.05, 0) is 44.9 Å². The molecular weight excluding hydrogens is 829 g/mol. The number of fused-ring (bicyclic) bond motifs is 3. The van der Waals surface area contributed by atoms with Crippen molar-refractivity contribution in [3.63, 3.8) is 0 Å². The Balaban J connectivity index is 0.000000205. The van der Waals surface area contributed by atoms with Crippen LogP contribution in [0.2, 0.25) is 17.3 Å². The summed E-state index contributed by atoms with van der Waals surface area (Å²) in [6.45, 7) is 3.85. The maximum Gasteiger partial charge on any atom is 0 e. The molecule has 7 aromatic rings. The third-order valence-electron chi connectivity index (χ3n) is 8.14. The van der Waals surface area contributed by atoms with Gasteiger partial charge in [0.05, 0.1) is 0 Å². The van der Waals surface area contributed by atoms with Crippen molar-refractivity contribution in [3.8, 4) is 33.6 Å². The number of aryl methyl sites for hydroxylation is 2. The predicted octanol–water partition coefficient (Wildman–Crippen LogP) is 11.4.